The van der Waals surface area contributed by atoms with Gasteiger partial charge in [0.1, 0.15) is 0 Å². The first-order valence-electron chi connectivity index (χ1n) is 4.91. The van der Waals surface area contributed by atoms with Crippen molar-refractivity contribution in [3.8, 4) is 0 Å². The topological polar surface area (TPSA) is 37.3 Å². The van der Waals surface area contributed by atoms with E-state index in [2.05, 4.69) is 15.8 Å². The highest BCUT2D eigenvalue weighted by Crippen LogP contribution is 2.58. The number of aliphatic carboxylic acids is 1. The fraction of sp³-hybridized carbons (Fsp3) is 0.727. The van der Waals surface area contributed by atoms with Crippen LogP contribution in [0, 0.1) is 16.7 Å². The third kappa shape index (κ3) is 1.40. The highest BCUT2D eigenvalue weighted by molar-refractivity contribution is 7.22. The summed E-state index contributed by atoms with van der Waals surface area (Å²) in [7, 11) is 2.62. The van der Waals surface area contributed by atoms with Crippen LogP contribution in [0.15, 0.2) is 11.9 Å². The SMILES string of the molecule is C=C(P)[C@H]1CC[C@@](C)(C(=O)O)C1(C)C. The van der Waals surface area contributed by atoms with Crippen molar-refractivity contribution in [1.82, 2.24) is 0 Å². The Bertz CT molecular complexity index is 283. The standard InChI is InChI=1S/C11H19O2P/c1-7(14)8-5-6-11(4,9(12)13)10(8,2)3/h8H,1,5-6,14H2,2-4H3,(H,12,13)/t8-,11+/m1/s1. The monoisotopic (exact) mass is 214 g/mol. The van der Waals surface area contributed by atoms with Crippen LogP contribution in [0.25, 0.3) is 0 Å². The van der Waals surface area contributed by atoms with Gasteiger partial charge in [-0.2, -0.15) is 0 Å². The van der Waals surface area contributed by atoms with Crippen molar-refractivity contribution in [2.45, 2.75) is 33.6 Å². The van der Waals surface area contributed by atoms with Gasteiger partial charge in [0.2, 0.25) is 0 Å². The second-order valence-electron chi connectivity index (χ2n) is 5.03. The predicted octanol–water partition coefficient (Wildman–Crippen LogP) is 2.90. The molecule has 1 unspecified atom stereocenters. The van der Waals surface area contributed by atoms with Gasteiger partial charge in [0.05, 0.1) is 5.41 Å². The first-order chi connectivity index (χ1) is 6.23. The molecule has 0 aromatic carbocycles. The average Bonchev–Trinajstić information content (AvgIpc) is 2.24. The lowest BCUT2D eigenvalue weighted by Crippen LogP contribution is -2.40. The van der Waals surface area contributed by atoms with Crippen molar-refractivity contribution in [2.24, 2.45) is 16.7 Å². The van der Waals surface area contributed by atoms with E-state index in [1.165, 1.54) is 0 Å². The van der Waals surface area contributed by atoms with E-state index in [1.54, 1.807) is 0 Å². The molecule has 0 amide bonds. The first kappa shape index (κ1) is 11.7. The summed E-state index contributed by atoms with van der Waals surface area (Å²) in [5.41, 5.74) is -0.825. The molecule has 1 rings (SSSR count). The molecule has 0 aromatic rings. The van der Waals surface area contributed by atoms with Gasteiger partial charge in [-0.15, -0.1) is 9.24 Å². The van der Waals surface area contributed by atoms with Crippen molar-refractivity contribution in [1.29, 1.82) is 0 Å². The van der Waals surface area contributed by atoms with Gasteiger partial charge >= 0.3 is 5.97 Å². The van der Waals surface area contributed by atoms with Gasteiger partial charge in [0.15, 0.2) is 0 Å². The van der Waals surface area contributed by atoms with E-state index in [0.29, 0.717) is 5.92 Å². The van der Waals surface area contributed by atoms with Gasteiger partial charge in [-0.05, 0) is 31.1 Å². The molecule has 1 N–H and O–H groups in total. The Hall–Kier alpha value is -0.360. The summed E-state index contributed by atoms with van der Waals surface area (Å²) in [5, 5.41) is 10.3. The van der Waals surface area contributed by atoms with E-state index in [1.807, 2.05) is 20.8 Å². The Labute approximate surface area is 88.0 Å². The Kier molecular flexibility index (Phi) is 2.80. The third-order valence-corrected chi connectivity index (χ3v) is 4.55. The minimum atomic E-state index is -0.684. The summed E-state index contributed by atoms with van der Waals surface area (Å²) in [5.74, 6) is -0.384. The lowest BCUT2D eigenvalue weighted by atomic mass is 9.66. The van der Waals surface area contributed by atoms with Gasteiger partial charge in [0.25, 0.3) is 0 Å². The molecular formula is C11H19O2P. The molecule has 0 aliphatic heterocycles. The van der Waals surface area contributed by atoms with Gasteiger partial charge in [-0.3, -0.25) is 4.79 Å². The van der Waals surface area contributed by atoms with Gasteiger partial charge in [-0.25, -0.2) is 0 Å². The predicted molar refractivity (Wildman–Crippen MR) is 61.1 cm³/mol. The molecule has 0 saturated heterocycles. The van der Waals surface area contributed by atoms with Crippen molar-refractivity contribution in [3.05, 3.63) is 11.9 Å². The molecule has 2 nitrogen and oxygen atoms in total. The van der Waals surface area contributed by atoms with Gasteiger partial charge in [0, 0.05) is 0 Å². The molecule has 0 aromatic heterocycles. The van der Waals surface area contributed by atoms with E-state index in [0.717, 1.165) is 18.2 Å². The molecule has 0 heterocycles. The van der Waals surface area contributed by atoms with Gasteiger partial charge in [-0.1, -0.05) is 25.7 Å². The lowest BCUT2D eigenvalue weighted by molar-refractivity contribution is -0.154. The second kappa shape index (κ2) is 3.34. The van der Waals surface area contributed by atoms with Crippen molar-refractivity contribution in [3.63, 3.8) is 0 Å². The smallest absolute Gasteiger partial charge is 0.309 e. The van der Waals surface area contributed by atoms with E-state index in [4.69, 9.17) is 0 Å². The maximum Gasteiger partial charge on any atom is 0.309 e. The van der Waals surface area contributed by atoms with Crippen LogP contribution in [0.5, 0.6) is 0 Å². The van der Waals surface area contributed by atoms with Crippen molar-refractivity contribution >= 4 is 15.2 Å². The Morgan fingerprint density at radius 1 is 1.50 bits per heavy atom. The van der Waals surface area contributed by atoms with Crippen LogP contribution in [0.4, 0.5) is 0 Å². The van der Waals surface area contributed by atoms with Crippen LogP contribution in [-0.2, 0) is 4.79 Å². The zero-order valence-corrected chi connectivity index (χ0v) is 10.3. The van der Waals surface area contributed by atoms with E-state index in [-0.39, 0.29) is 5.41 Å². The molecule has 1 aliphatic rings. The molecule has 1 fully saturated rings. The number of hydrogen-bond acceptors (Lipinski definition) is 1. The summed E-state index contributed by atoms with van der Waals surface area (Å²) in [6.07, 6.45) is 1.67. The molecule has 0 spiro atoms. The molecule has 0 radical (unpaired) electrons. The Morgan fingerprint density at radius 2 is 2.00 bits per heavy atom. The normalized spacial score (nSPS) is 35.6. The molecular weight excluding hydrogens is 195 g/mol. The minimum Gasteiger partial charge on any atom is -0.481 e. The lowest BCUT2D eigenvalue weighted by Gasteiger charge is -2.38. The van der Waals surface area contributed by atoms with Crippen LogP contribution in [0.1, 0.15) is 33.6 Å². The van der Waals surface area contributed by atoms with E-state index >= 15 is 0 Å². The molecule has 1 saturated carbocycles. The number of rotatable bonds is 2. The largest absolute Gasteiger partial charge is 0.481 e. The molecule has 80 valence electrons. The van der Waals surface area contributed by atoms with Gasteiger partial charge < -0.3 is 5.11 Å². The number of carbonyl (C=O) groups is 1. The molecule has 1 aliphatic carbocycles. The maximum absolute atomic E-state index is 11.3. The summed E-state index contributed by atoms with van der Waals surface area (Å²) in [4.78, 5) is 11.3. The van der Waals surface area contributed by atoms with E-state index < -0.39 is 11.4 Å². The molecule has 14 heavy (non-hydrogen) atoms. The molecule has 3 atom stereocenters. The summed E-state index contributed by atoms with van der Waals surface area (Å²) in [6, 6.07) is 0. The highest BCUT2D eigenvalue weighted by Gasteiger charge is 2.56. The number of carboxylic acids is 1. The van der Waals surface area contributed by atoms with E-state index in [9.17, 15) is 9.90 Å². The Morgan fingerprint density at radius 3 is 2.21 bits per heavy atom. The fourth-order valence-corrected chi connectivity index (χ4v) is 3.12. The summed E-state index contributed by atoms with van der Waals surface area (Å²) >= 11 is 0. The summed E-state index contributed by atoms with van der Waals surface area (Å²) < 4.78 is 0. The van der Waals surface area contributed by atoms with Crippen LogP contribution in [0.3, 0.4) is 0 Å². The van der Waals surface area contributed by atoms with Crippen LogP contribution in [0.2, 0.25) is 0 Å². The number of carboxylic acid groups (broad SMARTS) is 1. The zero-order valence-electron chi connectivity index (χ0n) is 9.13. The third-order valence-electron chi connectivity index (χ3n) is 4.15. The quantitative estimate of drug-likeness (QED) is 0.717. The summed E-state index contributed by atoms with van der Waals surface area (Å²) in [6.45, 7) is 9.85. The fourth-order valence-electron chi connectivity index (χ4n) is 2.53. The molecule has 3 heteroatoms. The minimum absolute atomic E-state index is 0.211. The van der Waals surface area contributed by atoms with Crippen molar-refractivity contribution < 1.29 is 9.90 Å². The molecule has 0 bridgehead atoms. The maximum atomic E-state index is 11.3. The first-order valence-corrected chi connectivity index (χ1v) is 5.49. The van der Waals surface area contributed by atoms with Crippen molar-refractivity contribution in [2.75, 3.05) is 0 Å². The Balaban J connectivity index is 3.08. The second-order valence-corrected chi connectivity index (χ2v) is 5.77. The van der Waals surface area contributed by atoms with Crippen LogP contribution < -0.4 is 0 Å². The van der Waals surface area contributed by atoms with Crippen LogP contribution >= 0.6 is 9.24 Å². The highest BCUT2D eigenvalue weighted by atomic mass is 31.0. The number of allylic oxidation sites excluding steroid dienone is 1. The average molecular weight is 214 g/mol. The van der Waals surface area contributed by atoms with Crippen LogP contribution in [-0.4, -0.2) is 11.1 Å². The zero-order chi connectivity index (χ0) is 11.1. The number of hydrogen-bond donors (Lipinski definition) is 1.